The third kappa shape index (κ3) is 2.09. The average molecular weight is 265 g/mol. The molecule has 0 amide bonds. The van der Waals surface area contributed by atoms with E-state index >= 15 is 0 Å². The third-order valence-corrected chi connectivity index (χ3v) is 2.99. The zero-order valence-corrected chi connectivity index (χ0v) is 10.8. The Labute approximate surface area is 114 Å². The van der Waals surface area contributed by atoms with Crippen molar-refractivity contribution in [3.8, 4) is 0 Å². The number of carbonyl (C=O) groups excluding carboxylic acids is 2. The Bertz CT molecular complexity index is 821. The first kappa shape index (κ1) is 12.2. The lowest BCUT2D eigenvalue weighted by Gasteiger charge is -2.02. The summed E-state index contributed by atoms with van der Waals surface area (Å²) in [5, 5.41) is 4.04. The number of hydrogen-bond donors (Lipinski definition) is 0. The summed E-state index contributed by atoms with van der Waals surface area (Å²) < 4.78 is 1.63. The lowest BCUT2D eigenvalue weighted by atomic mass is 10.1. The summed E-state index contributed by atoms with van der Waals surface area (Å²) in [5.41, 5.74) is 1.98. The molecule has 0 saturated heterocycles. The van der Waals surface area contributed by atoms with Gasteiger partial charge in [-0.05, 0) is 37.3 Å². The Kier molecular flexibility index (Phi) is 2.87. The smallest absolute Gasteiger partial charge is 0.251 e. The molecular weight excluding hydrogens is 254 g/mol. The molecule has 5 heteroatoms. The number of fused-ring (bicyclic) bond motifs is 1. The first-order chi connectivity index (χ1) is 9.65. The fraction of sp³-hybridized carbons (Fsp3) is 0.0667. The van der Waals surface area contributed by atoms with Gasteiger partial charge >= 0.3 is 0 Å². The summed E-state index contributed by atoms with van der Waals surface area (Å²) in [4.78, 5) is 28.4. The number of hydrogen-bond acceptors (Lipinski definition) is 4. The largest absolute Gasteiger partial charge is 0.285 e. The van der Waals surface area contributed by atoms with E-state index in [1.807, 2.05) is 0 Å². The van der Waals surface area contributed by atoms with Crippen molar-refractivity contribution in [2.75, 3.05) is 0 Å². The van der Waals surface area contributed by atoms with Crippen LogP contribution in [0.2, 0.25) is 0 Å². The first-order valence-electron chi connectivity index (χ1n) is 6.11. The molecule has 0 unspecified atom stereocenters. The highest BCUT2D eigenvalue weighted by molar-refractivity contribution is 6.48. The SMILES string of the molecule is Cc1cccc(C(=O)C(=O)c2ccn3nccc3c2)n1. The Morgan fingerprint density at radius 3 is 2.75 bits per heavy atom. The standard InChI is InChI=1S/C15H11N3O2/c1-10-3-2-4-13(17-10)15(20)14(19)11-6-8-18-12(9-11)5-7-16-18/h2-9H,1H3. The molecule has 0 aliphatic carbocycles. The van der Waals surface area contributed by atoms with Crippen molar-refractivity contribution in [1.82, 2.24) is 14.6 Å². The Morgan fingerprint density at radius 2 is 1.95 bits per heavy atom. The summed E-state index contributed by atoms with van der Waals surface area (Å²) in [6.07, 6.45) is 3.28. The van der Waals surface area contributed by atoms with Crippen LogP contribution in [-0.4, -0.2) is 26.2 Å². The maximum absolute atomic E-state index is 12.2. The summed E-state index contributed by atoms with van der Waals surface area (Å²) in [6, 6.07) is 10.0. The van der Waals surface area contributed by atoms with Gasteiger partial charge in [0.15, 0.2) is 0 Å². The molecule has 0 aliphatic rings. The monoisotopic (exact) mass is 265 g/mol. The molecule has 20 heavy (non-hydrogen) atoms. The van der Waals surface area contributed by atoms with Gasteiger partial charge in [0.1, 0.15) is 5.69 Å². The molecule has 0 aromatic carbocycles. The molecular formula is C15H11N3O2. The van der Waals surface area contributed by atoms with E-state index in [0.29, 0.717) is 11.3 Å². The predicted octanol–water partition coefficient (Wildman–Crippen LogP) is 2.10. The van der Waals surface area contributed by atoms with Crippen molar-refractivity contribution in [3.05, 3.63) is 65.7 Å². The number of nitrogens with zero attached hydrogens (tertiary/aromatic N) is 3. The molecule has 0 fully saturated rings. The zero-order chi connectivity index (χ0) is 14.1. The molecule has 0 aliphatic heterocycles. The zero-order valence-electron chi connectivity index (χ0n) is 10.8. The molecule has 0 N–H and O–H groups in total. The molecule has 3 aromatic rings. The Balaban J connectivity index is 1.97. The highest BCUT2D eigenvalue weighted by atomic mass is 16.2. The van der Waals surface area contributed by atoms with E-state index in [9.17, 15) is 9.59 Å². The fourth-order valence-corrected chi connectivity index (χ4v) is 1.98. The van der Waals surface area contributed by atoms with Gasteiger partial charge in [0, 0.05) is 23.7 Å². The van der Waals surface area contributed by atoms with Gasteiger partial charge in [-0.3, -0.25) is 9.59 Å². The quantitative estimate of drug-likeness (QED) is 0.537. The van der Waals surface area contributed by atoms with Gasteiger partial charge in [0.25, 0.3) is 5.78 Å². The molecule has 98 valence electrons. The van der Waals surface area contributed by atoms with Crippen molar-refractivity contribution in [2.24, 2.45) is 0 Å². The second-order valence-corrected chi connectivity index (χ2v) is 4.44. The van der Waals surface area contributed by atoms with Gasteiger partial charge in [0.2, 0.25) is 5.78 Å². The minimum atomic E-state index is -0.599. The third-order valence-electron chi connectivity index (χ3n) is 2.99. The van der Waals surface area contributed by atoms with E-state index in [-0.39, 0.29) is 5.69 Å². The summed E-state index contributed by atoms with van der Waals surface area (Å²) in [6.45, 7) is 1.78. The van der Waals surface area contributed by atoms with Gasteiger partial charge in [0.05, 0.1) is 5.52 Å². The topological polar surface area (TPSA) is 64.3 Å². The molecule has 0 saturated carbocycles. The number of Topliss-reactive ketones (excluding diaryl/α,β-unsaturated/α-hetero) is 2. The van der Waals surface area contributed by atoms with E-state index < -0.39 is 11.6 Å². The van der Waals surface area contributed by atoms with Crippen LogP contribution >= 0.6 is 0 Å². The number of carbonyl (C=O) groups is 2. The number of pyridine rings is 2. The van der Waals surface area contributed by atoms with Crippen LogP contribution in [0.25, 0.3) is 5.52 Å². The van der Waals surface area contributed by atoms with Crippen molar-refractivity contribution in [3.63, 3.8) is 0 Å². The normalized spacial score (nSPS) is 10.7. The van der Waals surface area contributed by atoms with Gasteiger partial charge in [-0.2, -0.15) is 5.10 Å². The second kappa shape index (κ2) is 4.70. The maximum atomic E-state index is 12.2. The lowest BCUT2D eigenvalue weighted by molar-refractivity contribution is 0.0814. The first-order valence-corrected chi connectivity index (χ1v) is 6.11. The lowest BCUT2D eigenvalue weighted by Crippen LogP contribution is -2.16. The molecule has 0 atom stereocenters. The minimum absolute atomic E-state index is 0.170. The van der Waals surface area contributed by atoms with Gasteiger partial charge in [-0.25, -0.2) is 9.50 Å². The molecule has 5 nitrogen and oxygen atoms in total. The van der Waals surface area contributed by atoms with Gasteiger partial charge in [-0.15, -0.1) is 0 Å². The van der Waals surface area contributed by atoms with Crippen LogP contribution in [0.5, 0.6) is 0 Å². The van der Waals surface area contributed by atoms with Crippen LogP contribution in [0, 0.1) is 6.92 Å². The summed E-state index contributed by atoms with van der Waals surface area (Å²) in [5.74, 6) is -1.16. The second-order valence-electron chi connectivity index (χ2n) is 4.44. The van der Waals surface area contributed by atoms with Crippen LogP contribution in [0.15, 0.2) is 48.8 Å². The molecule has 0 spiro atoms. The van der Waals surface area contributed by atoms with Crippen LogP contribution in [-0.2, 0) is 0 Å². The van der Waals surface area contributed by atoms with Crippen molar-refractivity contribution >= 4 is 17.1 Å². The van der Waals surface area contributed by atoms with E-state index in [4.69, 9.17) is 0 Å². The van der Waals surface area contributed by atoms with E-state index in [1.54, 1.807) is 60.2 Å². The Morgan fingerprint density at radius 1 is 1.10 bits per heavy atom. The number of aryl methyl sites for hydroxylation is 1. The van der Waals surface area contributed by atoms with Gasteiger partial charge < -0.3 is 0 Å². The van der Waals surface area contributed by atoms with Crippen molar-refractivity contribution < 1.29 is 9.59 Å². The highest BCUT2D eigenvalue weighted by Crippen LogP contribution is 2.10. The average Bonchev–Trinajstić information content (AvgIpc) is 2.93. The fourth-order valence-electron chi connectivity index (χ4n) is 1.98. The van der Waals surface area contributed by atoms with E-state index in [1.165, 1.54) is 0 Å². The number of ketones is 2. The summed E-state index contributed by atoms with van der Waals surface area (Å²) in [7, 11) is 0. The maximum Gasteiger partial charge on any atom is 0.251 e. The molecule has 0 radical (unpaired) electrons. The van der Waals surface area contributed by atoms with Crippen molar-refractivity contribution in [1.29, 1.82) is 0 Å². The minimum Gasteiger partial charge on any atom is -0.285 e. The van der Waals surface area contributed by atoms with E-state index in [0.717, 1.165) is 5.52 Å². The van der Waals surface area contributed by atoms with Crippen LogP contribution in [0.4, 0.5) is 0 Å². The van der Waals surface area contributed by atoms with Crippen LogP contribution in [0.1, 0.15) is 26.5 Å². The van der Waals surface area contributed by atoms with Crippen LogP contribution in [0.3, 0.4) is 0 Å². The van der Waals surface area contributed by atoms with Crippen LogP contribution < -0.4 is 0 Å². The molecule has 3 heterocycles. The Hall–Kier alpha value is -2.82. The van der Waals surface area contributed by atoms with E-state index in [2.05, 4.69) is 10.1 Å². The molecule has 3 rings (SSSR count). The summed E-state index contributed by atoms with van der Waals surface area (Å²) >= 11 is 0. The highest BCUT2D eigenvalue weighted by Gasteiger charge is 2.19. The number of rotatable bonds is 3. The number of aromatic nitrogens is 3. The molecule has 3 aromatic heterocycles. The predicted molar refractivity (Wildman–Crippen MR) is 72.8 cm³/mol. The van der Waals surface area contributed by atoms with Crippen molar-refractivity contribution in [2.45, 2.75) is 6.92 Å². The molecule has 0 bridgehead atoms. The van der Waals surface area contributed by atoms with Gasteiger partial charge in [-0.1, -0.05) is 6.07 Å².